The van der Waals surface area contributed by atoms with Crippen LogP contribution in [0.5, 0.6) is 5.75 Å². The van der Waals surface area contributed by atoms with E-state index in [-0.39, 0.29) is 0 Å². The molecule has 0 unspecified atom stereocenters. The topological polar surface area (TPSA) is 39.9 Å². The number of aromatic nitrogens is 3. The predicted octanol–water partition coefficient (Wildman–Crippen LogP) is 4.42. The molecule has 2 aromatic carbocycles. The Balaban J connectivity index is 1.69. The van der Waals surface area contributed by atoms with Crippen LogP contribution in [-0.4, -0.2) is 27.9 Å². The quantitative estimate of drug-likeness (QED) is 0.515. The summed E-state index contributed by atoms with van der Waals surface area (Å²) in [5, 5.41) is 0. The van der Waals surface area contributed by atoms with Crippen molar-refractivity contribution in [2.24, 2.45) is 0 Å². The van der Waals surface area contributed by atoms with Gasteiger partial charge in [-0.15, -0.1) is 11.3 Å². The largest absolute Gasteiger partial charge is 0.497 e. The van der Waals surface area contributed by atoms with E-state index in [1.54, 1.807) is 30.2 Å². The second-order valence-electron chi connectivity index (χ2n) is 5.21. The molecule has 0 radical (unpaired) electrons. The van der Waals surface area contributed by atoms with Gasteiger partial charge in [0.1, 0.15) is 5.75 Å². The van der Waals surface area contributed by atoms with Crippen molar-refractivity contribution in [3.05, 3.63) is 48.3 Å². The van der Waals surface area contributed by atoms with Crippen molar-refractivity contribution in [1.82, 2.24) is 14.5 Å². The molecule has 2 aromatic heterocycles. The average molecular weight is 341 g/mol. The van der Waals surface area contributed by atoms with Crippen molar-refractivity contribution in [3.8, 4) is 5.75 Å². The summed E-state index contributed by atoms with van der Waals surface area (Å²) < 4.78 is 9.76. The molecule has 6 heteroatoms. The van der Waals surface area contributed by atoms with Gasteiger partial charge in [-0.2, -0.15) is 0 Å². The SMILES string of the molecule is COc1ccc2c(c1)ncn2Cc1ccc2nc(SC)sc2c1. The molecule has 0 atom stereocenters. The first-order valence-corrected chi connectivity index (χ1v) is 9.23. The molecule has 0 N–H and O–H groups in total. The summed E-state index contributed by atoms with van der Waals surface area (Å²) in [5.74, 6) is 0.832. The van der Waals surface area contributed by atoms with Gasteiger partial charge in [0.15, 0.2) is 4.34 Å². The number of nitrogens with zero attached hydrogens (tertiary/aromatic N) is 3. The standard InChI is InChI=1S/C17H15N3OS2/c1-21-12-4-6-15-14(8-12)18-10-20(15)9-11-3-5-13-16(7-11)23-17(19-13)22-2/h3-8,10H,9H2,1-2H3. The molecule has 0 bridgehead atoms. The maximum Gasteiger partial charge on any atom is 0.150 e. The lowest BCUT2D eigenvalue weighted by Crippen LogP contribution is -1.97. The lowest BCUT2D eigenvalue weighted by Gasteiger charge is -2.05. The minimum atomic E-state index is 0.797. The van der Waals surface area contributed by atoms with Gasteiger partial charge in [0.2, 0.25) is 0 Å². The summed E-state index contributed by atoms with van der Waals surface area (Å²) >= 11 is 3.43. The molecule has 23 heavy (non-hydrogen) atoms. The minimum absolute atomic E-state index is 0.797. The number of hydrogen-bond acceptors (Lipinski definition) is 5. The zero-order valence-electron chi connectivity index (χ0n) is 12.8. The van der Waals surface area contributed by atoms with Gasteiger partial charge in [-0.25, -0.2) is 9.97 Å². The van der Waals surface area contributed by atoms with Crippen molar-refractivity contribution >= 4 is 44.3 Å². The summed E-state index contributed by atoms with van der Waals surface area (Å²) in [4.78, 5) is 9.06. The Kier molecular flexibility index (Phi) is 3.71. The van der Waals surface area contributed by atoms with E-state index in [0.29, 0.717) is 0 Å². The molecule has 4 nitrogen and oxygen atoms in total. The number of ether oxygens (including phenoxy) is 1. The number of rotatable bonds is 4. The summed E-state index contributed by atoms with van der Waals surface area (Å²) in [6.45, 7) is 0.797. The van der Waals surface area contributed by atoms with Crippen LogP contribution in [0.1, 0.15) is 5.56 Å². The Labute approximate surface area is 142 Å². The number of methoxy groups -OCH3 is 1. The van der Waals surface area contributed by atoms with Crippen LogP contribution in [-0.2, 0) is 6.54 Å². The summed E-state index contributed by atoms with van der Waals surface area (Å²) in [5.41, 5.74) is 4.39. The van der Waals surface area contributed by atoms with E-state index in [9.17, 15) is 0 Å². The minimum Gasteiger partial charge on any atom is -0.497 e. The maximum absolute atomic E-state index is 5.25. The smallest absolute Gasteiger partial charge is 0.150 e. The van der Waals surface area contributed by atoms with Gasteiger partial charge in [0.05, 0.1) is 34.7 Å². The van der Waals surface area contributed by atoms with Crippen LogP contribution in [0, 0.1) is 0 Å². The van der Waals surface area contributed by atoms with Crippen LogP contribution >= 0.6 is 23.1 Å². The number of fused-ring (bicyclic) bond motifs is 2. The van der Waals surface area contributed by atoms with E-state index in [4.69, 9.17) is 4.74 Å². The fourth-order valence-electron chi connectivity index (χ4n) is 2.63. The third kappa shape index (κ3) is 2.68. The van der Waals surface area contributed by atoms with Gasteiger partial charge in [-0.1, -0.05) is 17.8 Å². The lowest BCUT2D eigenvalue weighted by atomic mass is 10.2. The molecular formula is C17H15N3OS2. The first-order chi connectivity index (χ1) is 11.3. The number of imidazole rings is 1. The van der Waals surface area contributed by atoms with Gasteiger partial charge < -0.3 is 9.30 Å². The Morgan fingerprint density at radius 1 is 1.17 bits per heavy atom. The third-order valence-corrected chi connectivity index (χ3v) is 5.79. The molecule has 0 aliphatic heterocycles. The summed E-state index contributed by atoms with van der Waals surface area (Å²) in [6.07, 6.45) is 3.94. The monoisotopic (exact) mass is 341 g/mol. The number of thiazole rings is 1. The summed E-state index contributed by atoms with van der Waals surface area (Å²) in [6, 6.07) is 12.4. The van der Waals surface area contributed by atoms with Gasteiger partial charge in [0, 0.05) is 12.6 Å². The molecule has 0 saturated carbocycles. The number of benzene rings is 2. The Morgan fingerprint density at radius 2 is 2.09 bits per heavy atom. The van der Waals surface area contributed by atoms with E-state index < -0.39 is 0 Å². The molecule has 0 saturated heterocycles. The highest BCUT2D eigenvalue weighted by Gasteiger charge is 2.07. The fraction of sp³-hybridized carbons (Fsp3) is 0.176. The van der Waals surface area contributed by atoms with Crippen molar-refractivity contribution < 1.29 is 4.74 Å². The van der Waals surface area contributed by atoms with Gasteiger partial charge in [-0.05, 0) is 36.1 Å². The highest BCUT2D eigenvalue weighted by atomic mass is 32.2. The Morgan fingerprint density at radius 3 is 2.91 bits per heavy atom. The molecule has 0 aliphatic carbocycles. The van der Waals surface area contributed by atoms with Gasteiger partial charge >= 0.3 is 0 Å². The Bertz CT molecular complexity index is 990. The van der Waals surface area contributed by atoms with Crippen molar-refractivity contribution in [2.75, 3.05) is 13.4 Å². The predicted molar refractivity (Wildman–Crippen MR) is 96.8 cm³/mol. The molecular weight excluding hydrogens is 326 g/mol. The molecule has 0 amide bonds. The van der Waals surface area contributed by atoms with E-state index in [0.717, 1.165) is 33.2 Å². The van der Waals surface area contributed by atoms with Gasteiger partial charge in [-0.3, -0.25) is 0 Å². The molecule has 0 fully saturated rings. The van der Waals surface area contributed by atoms with Crippen LogP contribution in [0.15, 0.2) is 47.1 Å². The second-order valence-corrected chi connectivity index (χ2v) is 7.30. The average Bonchev–Trinajstić information content (AvgIpc) is 3.17. The van der Waals surface area contributed by atoms with E-state index in [1.807, 2.05) is 18.5 Å². The van der Waals surface area contributed by atoms with Crippen molar-refractivity contribution in [3.63, 3.8) is 0 Å². The van der Waals surface area contributed by atoms with Gasteiger partial charge in [0.25, 0.3) is 0 Å². The molecule has 0 aliphatic rings. The van der Waals surface area contributed by atoms with Crippen LogP contribution < -0.4 is 4.74 Å². The van der Waals surface area contributed by atoms with Crippen LogP contribution in [0.3, 0.4) is 0 Å². The molecule has 4 aromatic rings. The zero-order valence-corrected chi connectivity index (χ0v) is 14.4. The van der Waals surface area contributed by atoms with E-state index in [2.05, 4.69) is 45.1 Å². The zero-order chi connectivity index (χ0) is 15.8. The van der Waals surface area contributed by atoms with Crippen LogP contribution in [0.4, 0.5) is 0 Å². The first kappa shape index (κ1) is 14.5. The molecule has 116 valence electrons. The van der Waals surface area contributed by atoms with E-state index >= 15 is 0 Å². The van der Waals surface area contributed by atoms with Crippen molar-refractivity contribution in [1.29, 1.82) is 0 Å². The number of hydrogen-bond donors (Lipinski definition) is 0. The van der Waals surface area contributed by atoms with E-state index in [1.165, 1.54) is 10.3 Å². The first-order valence-electron chi connectivity index (χ1n) is 7.19. The third-order valence-electron chi connectivity index (χ3n) is 3.79. The van der Waals surface area contributed by atoms with Crippen LogP contribution in [0.2, 0.25) is 0 Å². The fourth-order valence-corrected chi connectivity index (χ4v) is 4.18. The molecule has 4 rings (SSSR count). The highest BCUT2D eigenvalue weighted by Crippen LogP contribution is 2.29. The lowest BCUT2D eigenvalue weighted by molar-refractivity contribution is 0.415. The molecule has 0 spiro atoms. The van der Waals surface area contributed by atoms with Crippen LogP contribution in [0.25, 0.3) is 21.3 Å². The molecule has 2 heterocycles. The maximum atomic E-state index is 5.25. The number of thioether (sulfide) groups is 1. The van der Waals surface area contributed by atoms with Crippen molar-refractivity contribution in [2.45, 2.75) is 10.9 Å². The highest BCUT2D eigenvalue weighted by molar-refractivity contribution is 8.00. The Hall–Kier alpha value is -2.05. The normalized spacial score (nSPS) is 11.4. The second kappa shape index (κ2) is 5.86. The summed E-state index contributed by atoms with van der Waals surface area (Å²) in [7, 11) is 1.67.